The third kappa shape index (κ3) is 4.20. The van der Waals surface area contributed by atoms with E-state index in [-0.39, 0.29) is 11.9 Å². The smallest absolute Gasteiger partial charge is 0.227 e. The third-order valence-electron chi connectivity index (χ3n) is 6.51. The molecule has 3 aromatic rings. The predicted molar refractivity (Wildman–Crippen MR) is 122 cm³/mol. The van der Waals surface area contributed by atoms with E-state index < -0.39 is 0 Å². The van der Waals surface area contributed by atoms with Gasteiger partial charge in [0.15, 0.2) is 12.4 Å². The molecule has 3 heterocycles. The van der Waals surface area contributed by atoms with Gasteiger partial charge < -0.3 is 10.1 Å². The summed E-state index contributed by atoms with van der Waals surface area (Å²) in [4.78, 5) is 22.0. The van der Waals surface area contributed by atoms with Crippen LogP contribution in [0.4, 0.5) is 0 Å². The second kappa shape index (κ2) is 8.88. The fourth-order valence-corrected chi connectivity index (χ4v) is 5.02. The van der Waals surface area contributed by atoms with E-state index in [0.717, 1.165) is 46.9 Å². The highest BCUT2D eigenvalue weighted by Crippen LogP contribution is 2.37. The van der Waals surface area contributed by atoms with Crippen molar-refractivity contribution in [1.82, 2.24) is 14.8 Å². The highest BCUT2D eigenvalue weighted by molar-refractivity contribution is 6.30. The Morgan fingerprint density at radius 3 is 2.59 bits per heavy atom. The number of fused-ring (bicyclic) bond motifs is 2. The first-order valence-corrected chi connectivity index (χ1v) is 11.4. The largest absolute Gasteiger partial charge is 0.619 e. The molecule has 0 N–H and O–H groups in total. The molecule has 2 aliphatic rings. The second-order valence-corrected chi connectivity index (χ2v) is 8.89. The Bertz CT molecular complexity index is 1130. The number of hydrogen-bond donors (Lipinski definition) is 0. The van der Waals surface area contributed by atoms with Gasteiger partial charge in [0.2, 0.25) is 5.91 Å². The van der Waals surface area contributed by atoms with E-state index in [0.29, 0.717) is 19.5 Å². The van der Waals surface area contributed by atoms with Gasteiger partial charge in [0.05, 0.1) is 18.2 Å². The molecule has 1 aliphatic carbocycles. The molecule has 7 heteroatoms. The van der Waals surface area contributed by atoms with Crippen molar-refractivity contribution in [2.45, 2.75) is 25.3 Å². The summed E-state index contributed by atoms with van der Waals surface area (Å²) < 4.78 is 0.733. The number of carbonyl (C=O) groups is 1. The molecule has 1 saturated heterocycles. The van der Waals surface area contributed by atoms with Gasteiger partial charge in [0.1, 0.15) is 0 Å². The molecule has 1 aromatic carbocycles. The molecular weight excluding hydrogens is 424 g/mol. The third-order valence-corrected chi connectivity index (χ3v) is 6.74. The van der Waals surface area contributed by atoms with E-state index in [1.807, 2.05) is 23.2 Å². The minimum absolute atomic E-state index is 0.0693. The quantitative estimate of drug-likeness (QED) is 0.456. The maximum Gasteiger partial charge on any atom is 0.227 e. The molecule has 1 fully saturated rings. The fraction of sp³-hybridized carbons (Fsp3) is 0.320. The predicted octanol–water partition coefficient (Wildman–Crippen LogP) is 2.94. The van der Waals surface area contributed by atoms with Crippen LogP contribution in [0.15, 0.2) is 61.1 Å². The zero-order valence-corrected chi connectivity index (χ0v) is 18.5. The molecule has 0 spiro atoms. The molecule has 1 aliphatic heterocycles. The second-order valence-electron chi connectivity index (χ2n) is 8.45. The zero-order valence-electron chi connectivity index (χ0n) is 17.8. The topological polar surface area (TPSA) is 63.4 Å². The van der Waals surface area contributed by atoms with Gasteiger partial charge in [0, 0.05) is 49.5 Å². The molecule has 0 unspecified atom stereocenters. The van der Waals surface area contributed by atoms with E-state index in [4.69, 9.17) is 16.6 Å². The Labute approximate surface area is 192 Å². The van der Waals surface area contributed by atoms with Crippen LogP contribution in [0, 0.1) is 5.21 Å². The zero-order chi connectivity index (χ0) is 22.1. The van der Waals surface area contributed by atoms with Gasteiger partial charge in [-0.3, -0.25) is 14.7 Å². The van der Waals surface area contributed by atoms with Crippen LogP contribution in [0.2, 0.25) is 5.02 Å². The van der Waals surface area contributed by atoms with E-state index in [9.17, 15) is 10.0 Å². The van der Waals surface area contributed by atoms with Crippen LogP contribution in [0.1, 0.15) is 34.0 Å². The number of piperazine rings is 1. The van der Waals surface area contributed by atoms with E-state index in [1.165, 1.54) is 29.1 Å². The Morgan fingerprint density at radius 2 is 1.81 bits per heavy atom. The normalized spacial score (nSPS) is 18.5. The molecule has 0 saturated carbocycles. The number of rotatable bonds is 3. The Morgan fingerprint density at radius 1 is 1.06 bits per heavy atom. The number of amides is 1. The first kappa shape index (κ1) is 20.9. The molecule has 32 heavy (non-hydrogen) atoms. The number of nitrogens with zero attached hydrogens (tertiary/aromatic N) is 4. The first-order valence-electron chi connectivity index (χ1n) is 11.0. The van der Waals surface area contributed by atoms with Gasteiger partial charge in [-0.25, -0.2) is 0 Å². The molecular formula is C25H25ClN4O2. The first-order chi connectivity index (χ1) is 15.6. The molecule has 5 rings (SSSR count). The van der Waals surface area contributed by atoms with Gasteiger partial charge in [-0.15, -0.1) is 0 Å². The highest BCUT2D eigenvalue weighted by atomic mass is 35.5. The summed E-state index contributed by atoms with van der Waals surface area (Å²) in [5, 5.41) is 12.0. The molecule has 6 nitrogen and oxygen atoms in total. The van der Waals surface area contributed by atoms with Gasteiger partial charge in [0.25, 0.3) is 0 Å². The lowest BCUT2D eigenvalue weighted by molar-refractivity contribution is -0.605. The highest BCUT2D eigenvalue weighted by Gasteiger charge is 2.33. The molecule has 0 bridgehead atoms. The van der Waals surface area contributed by atoms with Crippen molar-refractivity contribution in [2.24, 2.45) is 0 Å². The summed E-state index contributed by atoms with van der Waals surface area (Å²) >= 11 is 6.31. The van der Waals surface area contributed by atoms with Crippen LogP contribution in [-0.4, -0.2) is 46.9 Å². The van der Waals surface area contributed by atoms with E-state index in [1.54, 1.807) is 12.1 Å². The minimum atomic E-state index is 0.0693. The van der Waals surface area contributed by atoms with Crippen molar-refractivity contribution in [2.75, 3.05) is 26.2 Å². The number of aromatic nitrogens is 2. The van der Waals surface area contributed by atoms with Gasteiger partial charge >= 0.3 is 0 Å². The van der Waals surface area contributed by atoms with Crippen LogP contribution < -0.4 is 4.73 Å². The summed E-state index contributed by atoms with van der Waals surface area (Å²) in [5.41, 5.74) is 5.80. The van der Waals surface area contributed by atoms with Crippen molar-refractivity contribution >= 4 is 17.5 Å². The minimum Gasteiger partial charge on any atom is -0.619 e. The average Bonchev–Trinajstić information content (AvgIpc) is 2.97. The van der Waals surface area contributed by atoms with Gasteiger partial charge in [-0.2, -0.15) is 4.73 Å². The summed E-state index contributed by atoms with van der Waals surface area (Å²) in [6.45, 7) is 2.91. The molecule has 1 atom stereocenters. The number of aryl methyl sites for hydroxylation is 2. The van der Waals surface area contributed by atoms with Crippen LogP contribution in [0.25, 0.3) is 0 Å². The molecule has 164 valence electrons. The number of carbonyl (C=O) groups excluding carboxylic acids is 1. The van der Waals surface area contributed by atoms with Gasteiger partial charge in [-0.1, -0.05) is 23.7 Å². The molecule has 0 radical (unpaired) electrons. The average molecular weight is 449 g/mol. The van der Waals surface area contributed by atoms with Crippen LogP contribution in [0.5, 0.6) is 0 Å². The maximum atomic E-state index is 12.8. The van der Waals surface area contributed by atoms with Crippen molar-refractivity contribution in [3.63, 3.8) is 0 Å². The Balaban J connectivity index is 1.35. The lowest BCUT2D eigenvalue weighted by Gasteiger charge is -2.39. The van der Waals surface area contributed by atoms with E-state index in [2.05, 4.69) is 23.1 Å². The summed E-state index contributed by atoms with van der Waals surface area (Å²) in [7, 11) is 0. The van der Waals surface area contributed by atoms with Crippen molar-refractivity contribution < 1.29 is 9.52 Å². The SMILES string of the molecule is O=C(Cc1cc[n+]([O-])cc1)N1CCN([C@@H]2c3ccc(Cl)cc3CCc3cccnc32)CC1. The van der Waals surface area contributed by atoms with Gasteiger partial charge in [-0.05, 0) is 53.3 Å². The number of pyridine rings is 2. The maximum absolute atomic E-state index is 12.8. The fourth-order valence-electron chi connectivity index (χ4n) is 4.83. The van der Waals surface area contributed by atoms with Crippen LogP contribution in [-0.2, 0) is 24.1 Å². The number of benzene rings is 1. The lowest BCUT2D eigenvalue weighted by Crippen LogP contribution is -2.50. The monoisotopic (exact) mass is 448 g/mol. The Kier molecular flexibility index (Phi) is 5.81. The van der Waals surface area contributed by atoms with Crippen molar-refractivity contribution in [1.29, 1.82) is 0 Å². The number of halogens is 1. The van der Waals surface area contributed by atoms with Crippen LogP contribution in [0.3, 0.4) is 0 Å². The standard InChI is InChI=1S/C25H25ClN4O2/c26-21-5-6-22-20(17-21)4-3-19-2-1-9-27-24(19)25(22)29-14-12-28(13-15-29)23(31)16-18-7-10-30(32)11-8-18/h1-2,5-11,17,25H,3-4,12-16H2/t25-/m1/s1. The molecule has 2 aromatic heterocycles. The van der Waals surface area contributed by atoms with Crippen molar-refractivity contribution in [3.05, 3.63) is 99.2 Å². The Hall–Kier alpha value is -2.96. The van der Waals surface area contributed by atoms with Crippen molar-refractivity contribution in [3.8, 4) is 0 Å². The van der Waals surface area contributed by atoms with E-state index >= 15 is 0 Å². The van der Waals surface area contributed by atoms with Crippen LogP contribution >= 0.6 is 11.6 Å². The molecule has 1 amide bonds. The lowest BCUT2D eigenvalue weighted by atomic mass is 9.96. The summed E-state index contributed by atoms with van der Waals surface area (Å²) in [6, 6.07) is 13.9. The summed E-state index contributed by atoms with van der Waals surface area (Å²) in [5.74, 6) is 0.0971. The number of hydrogen-bond acceptors (Lipinski definition) is 4. The summed E-state index contributed by atoms with van der Waals surface area (Å²) in [6.07, 6.45) is 6.95.